The molecule has 3 N–H and O–H groups in total. The summed E-state index contributed by atoms with van der Waals surface area (Å²) in [6.45, 7) is 2.21. The molecule has 0 bridgehead atoms. The highest BCUT2D eigenvalue weighted by Gasteiger charge is 2.17. The number of nitrogens with one attached hydrogen (secondary N) is 2. The Kier molecular flexibility index (Phi) is 7.70. The van der Waals surface area contributed by atoms with Crippen LogP contribution in [-0.4, -0.2) is 46.8 Å². The molecule has 11 nitrogen and oxygen atoms in total. The quantitative estimate of drug-likeness (QED) is 0.260. The maximum absolute atomic E-state index is 11.8. The number of carboxylic acid groups (broad SMARTS) is 1. The molecular formula is C17H19N7O4. The molecule has 0 aliphatic carbocycles. The van der Waals surface area contributed by atoms with Crippen LogP contribution in [-0.2, 0) is 16.0 Å². The van der Waals surface area contributed by atoms with Gasteiger partial charge in [-0.1, -0.05) is 30.3 Å². The molecule has 1 aromatic heterocycles. The second kappa shape index (κ2) is 10.5. The molecule has 0 aliphatic rings. The first-order valence-electron chi connectivity index (χ1n) is 8.41. The highest BCUT2D eigenvalue weighted by molar-refractivity contribution is 5.90. The molecule has 0 radical (unpaired) electrons. The summed E-state index contributed by atoms with van der Waals surface area (Å²) in [4.78, 5) is 33.7. The van der Waals surface area contributed by atoms with Crippen LogP contribution in [0.4, 0.5) is 16.6 Å². The third-order valence-electron chi connectivity index (χ3n) is 3.50. The van der Waals surface area contributed by atoms with Gasteiger partial charge in [-0.25, -0.2) is 14.8 Å². The molecule has 28 heavy (non-hydrogen) atoms. The van der Waals surface area contributed by atoms with E-state index in [-0.39, 0.29) is 11.8 Å². The Bertz CT molecular complexity index is 883. The van der Waals surface area contributed by atoms with Gasteiger partial charge in [0.05, 0.1) is 12.3 Å². The number of benzene rings is 1. The maximum Gasteiger partial charge on any atom is 0.323 e. The fourth-order valence-corrected chi connectivity index (χ4v) is 2.34. The van der Waals surface area contributed by atoms with E-state index in [0.29, 0.717) is 30.9 Å². The second-order valence-corrected chi connectivity index (χ2v) is 5.40. The van der Waals surface area contributed by atoms with Gasteiger partial charge in [0.25, 0.3) is 0 Å². The lowest BCUT2D eigenvalue weighted by atomic mass is 10.0. The normalized spacial score (nSPS) is 10.0. The number of hydrogen-bond acceptors (Lipinski definition) is 6. The van der Waals surface area contributed by atoms with Crippen LogP contribution in [0.1, 0.15) is 12.5 Å². The number of aliphatic carboxylic acids is 1. The summed E-state index contributed by atoms with van der Waals surface area (Å²) in [5.41, 5.74) is 10.7. The number of carbonyl (C=O) groups is 2. The first kappa shape index (κ1) is 20.6. The van der Waals surface area contributed by atoms with Gasteiger partial charge in [-0.05, 0) is 24.0 Å². The number of aromatic nitrogens is 2. The lowest BCUT2D eigenvalue weighted by Crippen LogP contribution is -2.33. The van der Waals surface area contributed by atoms with Crippen molar-refractivity contribution in [3.63, 3.8) is 0 Å². The molecule has 2 rings (SSSR count). The summed E-state index contributed by atoms with van der Waals surface area (Å²) in [7, 11) is 0. The maximum atomic E-state index is 11.8. The van der Waals surface area contributed by atoms with Gasteiger partial charge in [0.15, 0.2) is 0 Å². The number of urea groups is 1. The molecule has 0 saturated heterocycles. The molecule has 2 amide bonds. The first-order chi connectivity index (χ1) is 13.5. The molecule has 0 aliphatic heterocycles. The van der Waals surface area contributed by atoms with Crippen LogP contribution < -0.4 is 10.6 Å². The lowest BCUT2D eigenvalue weighted by molar-refractivity contribution is -0.135. The van der Waals surface area contributed by atoms with Crippen molar-refractivity contribution < 1.29 is 19.4 Å². The van der Waals surface area contributed by atoms with Gasteiger partial charge < -0.3 is 15.2 Å². The van der Waals surface area contributed by atoms with E-state index >= 15 is 0 Å². The van der Waals surface area contributed by atoms with Gasteiger partial charge in [-0.3, -0.25) is 10.1 Å². The molecule has 0 fully saturated rings. The fourth-order valence-electron chi connectivity index (χ4n) is 2.34. The van der Waals surface area contributed by atoms with Gasteiger partial charge in [-0.15, -0.1) is 0 Å². The minimum absolute atomic E-state index is 0.0598. The van der Waals surface area contributed by atoms with Gasteiger partial charge in [0.1, 0.15) is 12.4 Å². The Balaban J connectivity index is 2.44. The van der Waals surface area contributed by atoms with E-state index in [1.807, 2.05) is 37.3 Å². The molecule has 0 unspecified atom stereocenters. The highest BCUT2D eigenvalue weighted by atomic mass is 16.5. The summed E-state index contributed by atoms with van der Waals surface area (Å²) in [6.07, 6.45) is 0.401. The smallest absolute Gasteiger partial charge is 0.323 e. The number of anilines is 1. The number of azide groups is 1. The van der Waals surface area contributed by atoms with Crippen LogP contribution in [0, 0.1) is 0 Å². The number of hydrogen-bond donors (Lipinski definition) is 3. The van der Waals surface area contributed by atoms with E-state index in [1.165, 1.54) is 0 Å². The van der Waals surface area contributed by atoms with Crippen LogP contribution in [0.15, 0.2) is 35.4 Å². The van der Waals surface area contributed by atoms with Crippen LogP contribution in [0.2, 0.25) is 0 Å². The van der Waals surface area contributed by atoms with Gasteiger partial charge in [0, 0.05) is 22.6 Å². The topological polar surface area (TPSA) is 162 Å². The zero-order chi connectivity index (χ0) is 20.4. The number of carboxylic acids is 1. The fraction of sp³-hybridized carbons (Fsp3) is 0.294. The van der Waals surface area contributed by atoms with Crippen LogP contribution in [0.25, 0.3) is 21.7 Å². The molecule has 0 saturated carbocycles. The third-order valence-corrected chi connectivity index (χ3v) is 3.50. The van der Waals surface area contributed by atoms with Gasteiger partial charge in [0.2, 0.25) is 5.95 Å². The average molecular weight is 385 g/mol. The van der Waals surface area contributed by atoms with E-state index < -0.39 is 18.5 Å². The van der Waals surface area contributed by atoms with Crippen LogP contribution in [0.5, 0.6) is 0 Å². The molecule has 2 aromatic rings. The van der Waals surface area contributed by atoms with E-state index in [0.717, 1.165) is 5.56 Å². The predicted octanol–water partition coefficient (Wildman–Crippen LogP) is 2.87. The zero-order valence-corrected chi connectivity index (χ0v) is 15.1. The number of rotatable bonds is 9. The molecule has 0 spiro atoms. The van der Waals surface area contributed by atoms with Crippen molar-refractivity contribution in [2.24, 2.45) is 5.11 Å². The van der Waals surface area contributed by atoms with Crippen molar-refractivity contribution in [1.82, 2.24) is 15.3 Å². The average Bonchev–Trinajstić information content (AvgIpc) is 2.68. The van der Waals surface area contributed by atoms with Crippen molar-refractivity contribution in [2.45, 2.75) is 13.3 Å². The monoisotopic (exact) mass is 385 g/mol. The van der Waals surface area contributed by atoms with Crippen molar-refractivity contribution in [3.05, 3.63) is 46.3 Å². The van der Waals surface area contributed by atoms with Crippen molar-refractivity contribution in [1.29, 1.82) is 0 Å². The molecule has 11 heteroatoms. The van der Waals surface area contributed by atoms with E-state index in [9.17, 15) is 9.59 Å². The lowest BCUT2D eigenvalue weighted by Gasteiger charge is -2.14. The molecular weight excluding hydrogens is 366 g/mol. The number of amides is 2. The first-order valence-corrected chi connectivity index (χ1v) is 8.41. The predicted molar refractivity (Wildman–Crippen MR) is 101 cm³/mol. The Morgan fingerprint density at radius 3 is 2.68 bits per heavy atom. The van der Waals surface area contributed by atoms with Gasteiger partial charge in [-0.2, -0.15) is 0 Å². The Hall–Kier alpha value is -3.69. The van der Waals surface area contributed by atoms with Crippen molar-refractivity contribution in [2.75, 3.05) is 25.1 Å². The molecule has 1 heterocycles. The highest BCUT2D eigenvalue weighted by Crippen LogP contribution is 2.30. The minimum atomic E-state index is -1.19. The van der Waals surface area contributed by atoms with E-state index in [1.54, 1.807) is 0 Å². The van der Waals surface area contributed by atoms with Crippen LogP contribution >= 0.6 is 0 Å². The number of carbonyl (C=O) groups excluding carboxylic acids is 1. The number of nitrogens with zero attached hydrogens (tertiary/aromatic N) is 5. The van der Waals surface area contributed by atoms with Crippen LogP contribution in [0.3, 0.4) is 0 Å². The summed E-state index contributed by atoms with van der Waals surface area (Å²) < 4.78 is 5.38. The Morgan fingerprint density at radius 2 is 2.04 bits per heavy atom. The van der Waals surface area contributed by atoms with Crippen molar-refractivity contribution >= 4 is 23.8 Å². The van der Waals surface area contributed by atoms with Gasteiger partial charge >= 0.3 is 12.0 Å². The van der Waals surface area contributed by atoms with E-state index in [2.05, 4.69) is 30.6 Å². The number of ether oxygens (including phenoxy) is 1. The van der Waals surface area contributed by atoms with Crippen molar-refractivity contribution in [3.8, 4) is 11.3 Å². The van der Waals surface area contributed by atoms with E-state index in [4.69, 9.17) is 15.4 Å². The third kappa shape index (κ3) is 5.94. The molecule has 1 aromatic carbocycles. The minimum Gasteiger partial charge on any atom is -0.480 e. The summed E-state index contributed by atoms with van der Waals surface area (Å²) >= 11 is 0. The second-order valence-electron chi connectivity index (χ2n) is 5.40. The largest absolute Gasteiger partial charge is 0.480 e. The summed E-state index contributed by atoms with van der Waals surface area (Å²) in [5, 5.41) is 16.8. The Morgan fingerprint density at radius 1 is 1.29 bits per heavy atom. The Labute approximate surface area is 160 Å². The summed E-state index contributed by atoms with van der Waals surface area (Å²) in [5.74, 6) is -1.25. The SMILES string of the molecule is CCOCCc1c(N=[N+]=[N-])nc(NC(=O)NCC(=O)O)nc1-c1ccccc1. The standard InChI is InChI=1S/C17H19N7O4/c1-2-28-9-8-12-14(11-6-4-3-5-7-11)20-16(21-15(12)23-24-18)22-17(27)19-10-13(25)26/h3-7H,2,8-10H2,1H3,(H,25,26)(H2,19,20,21,22,27). The summed E-state index contributed by atoms with van der Waals surface area (Å²) in [6, 6.07) is 8.34. The molecule has 146 valence electrons. The zero-order valence-electron chi connectivity index (χ0n) is 15.1. The molecule has 0 atom stereocenters.